The maximum atomic E-state index is 11.9. The quantitative estimate of drug-likeness (QED) is 0.610. The molecular weight excluding hydrogens is 256 g/mol. The van der Waals surface area contributed by atoms with Gasteiger partial charge in [-0.05, 0) is 31.5 Å². The van der Waals surface area contributed by atoms with Crippen molar-refractivity contribution in [2.75, 3.05) is 32.1 Å². The minimum atomic E-state index is -0.226. The van der Waals surface area contributed by atoms with E-state index < -0.39 is 0 Å². The van der Waals surface area contributed by atoms with Gasteiger partial charge >= 0.3 is 5.97 Å². The van der Waals surface area contributed by atoms with Crippen molar-refractivity contribution in [1.29, 1.82) is 0 Å². The van der Waals surface area contributed by atoms with Crippen LogP contribution in [0.3, 0.4) is 0 Å². The first-order valence-corrected chi connectivity index (χ1v) is 6.75. The Hall–Kier alpha value is -2.04. The van der Waals surface area contributed by atoms with Crippen LogP contribution in [0.15, 0.2) is 24.3 Å². The Bertz CT molecular complexity index is 458. The molecule has 0 aliphatic rings. The van der Waals surface area contributed by atoms with Crippen molar-refractivity contribution in [1.82, 2.24) is 5.32 Å². The van der Waals surface area contributed by atoms with Gasteiger partial charge in [0.2, 0.25) is 0 Å². The van der Waals surface area contributed by atoms with E-state index in [9.17, 15) is 9.59 Å². The molecule has 0 aromatic heterocycles. The zero-order valence-corrected chi connectivity index (χ0v) is 12.3. The highest BCUT2D eigenvalue weighted by Crippen LogP contribution is 2.13. The summed E-state index contributed by atoms with van der Waals surface area (Å²) in [6.45, 7) is 2.63. The molecule has 0 bridgehead atoms. The number of nitrogens with zero attached hydrogens (tertiary/aromatic N) is 1. The van der Waals surface area contributed by atoms with E-state index in [1.165, 1.54) is 0 Å². The maximum absolute atomic E-state index is 11.9. The number of amides is 1. The molecule has 0 spiro atoms. The van der Waals surface area contributed by atoms with E-state index in [0.29, 0.717) is 31.6 Å². The molecule has 1 amide bonds. The maximum Gasteiger partial charge on any atom is 0.305 e. The summed E-state index contributed by atoms with van der Waals surface area (Å²) < 4.78 is 4.82. The van der Waals surface area contributed by atoms with Crippen LogP contribution >= 0.6 is 0 Å². The summed E-state index contributed by atoms with van der Waals surface area (Å²) in [5.41, 5.74) is 1.59. The van der Waals surface area contributed by atoms with E-state index in [2.05, 4.69) is 5.32 Å². The Morgan fingerprint density at radius 1 is 1.30 bits per heavy atom. The summed E-state index contributed by atoms with van der Waals surface area (Å²) in [6, 6.07) is 7.40. The molecule has 0 unspecified atom stereocenters. The van der Waals surface area contributed by atoms with Crippen LogP contribution in [0, 0.1) is 0 Å². The zero-order valence-electron chi connectivity index (χ0n) is 12.3. The van der Waals surface area contributed by atoms with Gasteiger partial charge in [0, 0.05) is 38.3 Å². The van der Waals surface area contributed by atoms with Gasteiger partial charge in [-0.1, -0.05) is 6.07 Å². The molecule has 0 atom stereocenters. The summed E-state index contributed by atoms with van der Waals surface area (Å²) in [6.07, 6.45) is 0.907. The fourth-order valence-corrected chi connectivity index (χ4v) is 1.70. The summed E-state index contributed by atoms with van der Waals surface area (Å²) in [4.78, 5) is 25.0. The van der Waals surface area contributed by atoms with Gasteiger partial charge in [0.15, 0.2) is 0 Å². The van der Waals surface area contributed by atoms with E-state index in [1.54, 1.807) is 13.0 Å². The molecule has 0 radical (unpaired) electrons. The monoisotopic (exact) mass is 278 g/mol. The van der Waals surface area contributed by atoms with Crippen molar-refractivity contribution in [3.8, 4) is 0 Å². The number of rotatable bonds is 7. The van der Waals surface area contributed by atoms with Crippen LogP contribution in [0.2, 0.25) is 0 Å². The lowest BCUT2D eigenvalue weighted by Crippen LogP contribution is -2.25. The highest BCUT2D eigenvalue weighted by molar-refractivity contribution is 5.95. The molecular formula is C15H22N2O3. The molecule has 5 nitrogen and oxygen atoms in total. The van der Waals surface area contributed by atoms with Gasteiger partial charge < -0.3 is 15.0 Å². The number of carbonyl (C=O) groups is 2. The van der Waals surface area contributed by atoms with E-state index in [0.717, 1.165) is 5.69 Å². The van der Waals surface area contributed by atoms with Gasteiger partial charge in [0.05, 0.1) is 6.61 Å². The van der Waals surface area contributed by atoms with Crippen LogP contribution in [0.5, 0.6) is 0 Å². The van der Waals surface area contributed by atoms with Crippen molar-refractivity contribution in [2.24, 2.45) is 0 Å². The minimum absolute atomic E-state index is 0.127. The summed E-state index contributed by atoms with van der Waals surface area (Å²) in [5, 5.41) is 2.80. The second-order valence-corrected chi connectivity index (χ2v) is 4.61. The lowest BCUT2D eigenvalue weighted by Gasteiger charge is -2.13. The molecule has 0 aliphatic heterocycles. The van der Waals surface area contributed by atoms with Crippen LogP contribution in [0.4, 0.5) is 5.69 Å². The van der Waals surface area contributed by atoms with Crippen LogP contribution < -0.4 is 10.2 Å². The van der Waals surface area contributed by atoms with E-state index in [4.69, 9.17) is 4.74 Å². The van der Waals surface area contributed by atoms with Gasteiger partial charge in [0.1, 0.15) is 0 Å². The third-order valence-corrected chi connectivity index (χ3v) is 2.77. The predicted octanol–water partition coefficient (Wildman–Crippen LogP) is 1.83. The van der Waals surface area contributed by atoms with Crippen LogP contribution in [-0.4, -0.2) is 39.1 Å². The van der Waals surface area contributed by atoms with Gasteiger partial charge in [-0.15, -0.1) is 0 Å². The van der Waals surface area contributed by atoms with Crippen LogP contribution in [0.25, 0.3) is 0 Å². The normalized spacial score (nSPS) is 9.95. The Labute approximate surface area is 119 Å². The fraction of sp³-hybridized carbons (Fsp3) is 0.467. The number of nitrogens with one attached hydrogen (secondary N) is 1. The van der Waals surface area contributed by atoms with Crippen LogP contribution in [0.1, 0.15) is 30.1 Å². The number of hydrogen-bond donors (Lipinski definition) is 1. The molecule has 20 heavy (non-hydrogen) atoms. The molecule has 0 fully saturated rings. The standard InChI is InChI=1S/C15H22N2O3/c1-4-20-14(18)9-6-10-16-15(19)12-7-5-8-13(11-12)17(2)3/h5,7-8,11H,4,6,9-10H2,1-3H3,(H,16,19). The Morgan fingerprint density at radius 3 is 2.70 bits per heavy atom. The lowest BCUT2D eigenvalue weighted by molar-refractivity contribution is -0.143. The van der Waals surface area contributed by atoms with Crippen molar-refractivity contribution >= 4 is 17.6 Å². The SMILES string of the molecule is CCOC(=O)CCCNC(=O)c1cccc(N(C)C)c1. The van der Waals surface area contributed by atoms with Crippen molar-refractivity contribution in [3.63, 3.8) is 0 Å². The summed E-state index contributed by atoms with van der Waals surface area (Å²) in [7, 11) is 3.85. The summed E-state index contributed by atoms with van der Waals surface area (Å²) in [5.74, 6) is -0.353. The van der Waals surface area contributed by atoms with Crippen molar-refractivity contribution in [2.45, 2.75) is 19.8 Å². The lowest BCUT2D eigenvalue weighted by atomic mass is 10.2. The Morgan fingerprint density at radius 2 is 2.05 bits per heavy atom. The average Bonchev–Trinajstić information content (AvgIpc) is 2.43. The Kier molecular flexibility index (Phi) is 6.56. The zero-order chi connectivity index (χ0) is 15.0. The second kappa shape index (κ2) is 8.19. The predicted molar refractivity (Wildman–Crippen MR) is 79.0 cm³/mol. The molecule has 110 valence electrons. The molecule has 5 heteroatoms. The van der Waals surface area contributed by atoms with Gasteiger partial charge in [-0.3, -0.25) is 9.59 Å². The molecule has 1 N–H and O–H groups in total. The molecule has 0 aliphatic carbocycles. The highest BCUT2D eigenvalue weighted by atomic mass is 16.5. The third-order valence-electron chi connectivity index (χ3n) is 2.77. The van der Waals surface area contributed by atoms with E-state index >= 15 is 0 Å². The first-order chi connectivity index (χ1) is 9.54. The smallest absolute Gasteiger partial charge is 0.305 e. The fourth-order valence-electron chi connectivity index (χ4n) is 1.70. The molecule has 0 heterocycles. The number of ether oxygens (including phenoxy) is 1. The number of hydrogen-bond acceptors (Lipinski definition) is 4. The minimum Gasteiger partial charge on any atom is -0.466 e. The van der Waals surface area contributed by atoms with Gasteiger partial charge in [-0.25, -0.2) is 0 Å². The highest BCUT2D eigenvalue weighted by Gasteiger charge is 2.07. The number of anilines is 1. The number of carbonyl (C=O) groups excluding carboxylic acids is 2. The molecule has 0 saturated heterocycles. The summed E-state index contributed by atoms with van der Waals surface area (Å²) >= 11 is 0. The van der Waals surface area contributed by atoms with Crippen LogP contribution in [-0.2, 0) is 9.53 Å². The molecule has 1 rings (SSSR count). The van der Waals surface area contributed by atoms with Crippen molar-refractivity contribution < 1.29 is 14.3 Å². The Balaban J connectivity index is 2.39. The first kappa shape index (κ1) is 16.0. The third kappa shape index (κ3) is 5.30. The number of benzene rings is 1. The van der Waals surface area contributed by atoms with Gasteiger partial charge in [-0.2, -0.15) is 0 Å². The van der Waals surface area contributed by atoms with E-state index in [-0.39, 0.29) is 11.9 Å². The first-order valence-electron chi connectivity index (χ1n) is 6.75. The molecule has 1 aromatic carbocycles. The second-order valence-electron chi connectivity index (χ2n) is 4.61. The number of esters is 1. The van der Waals surface area contributed by atoms with E-state index in [1.807, 2.05) is 37.2 Å². The largest absolute Gasteiger partial charge is 0.466 e. The topological polar surface area (TPSA) is 58.6 Å². The van der Waals surface area contributed by atoms with Crippen molar-refractivity contribution in [3.05, 3.63) is 29.8 Å². The molecule has 1 aromatic rings. The molecule has 0 saturated carbocycles. The average molecular weight is 278 g/mol. The van der Waals surface area contributed by atoms with Gasteiger partial charge in [0.25, 0.3) is 5.91 Å².